The molecule has 6 heteroatoms. The van der Waals surface area contributed by atoms with Crippen molar-refractivity contribution >= 4 is 5.52 Å². The highest BCUT2D eigenvalue weighted by molar-refractivity contribution is 5.75. The van der Waals surface area contributed by atoms with E-state index in [0.29, 0.717) is 11.5 Å². The normalized spacial score (nSPS) is 11.9. The summed E-state index contributed by atoms with van der Waals surface area (Å²) < 4.78 is 12.8. The molecule has 0 N–H and O–H groups in total. The molecule has 2 aromatic carbocycles. The molecule has 2 heterocycles. The molecule has 4 aromatic rings. The van der Waals surface area contributed by atoms with Crippen LogP contribution in [0.4, 0.5) is 0 Å². The van der Waals surface area contributed by atoms with Crippen LogP contribution in [0.3, 0.4) is 0 Å². The van der Waals surface area contributed by atoms with Gasteiger partial charge in [-0.25, -0.2) is 0 Å². The van der Waals surface area contributed by atoms with Crippen molar-refractivity contribution in [3.8, 4) is 22.6 Å². The summed E-state index contributed by atoms with van der Waals surface area (Å²) in [5, 5.41) is 11.7. The molecule has 0 bridgehead atoms. The van der Waals surface area contributed by atoms with Gasteiger partial charge in [-0.1, -0.05) is 42.5 Å². The van der Waals surface area contributed by atoms with Gasteiger partial charge in [-0.05, 0) is 41.5 Å². The molecule has 2 aromatic heterocycles. The van der Waals surface area contributed by atoms with Gasteiger partial charge in [-0.2, -0.15) is 0 Å². The topological polar surface area (TPSA) is 66.0 Å². The summed E-state index contributed by atoms with van der Waals surface area (Å²) in [7, 11) is 3.13. The smallest absolute Gasteiger partial charge is 0.216 e. The van der Waals surface area contributed by atoms with Crippen LogP contribution in [0, 0.1) is 10.1 Å². The van der Waals surface area contributed by atoms with Crippen molar-refractivity contribution in [2.24, 2.45) is 0 Å². The molecule has 0 fully saturated rings. The van der Waals surface area contributed by atoms with Gasteiger partial charge in [-0.15, -0.1) is 0 Å². The van der Waals surface area contributed by atoms with Gasteiger partial charge in [0.25, 0.3) is 0 Å². The number of hydrogen-bond donors (Lipinski definition) is 0. The van der Waals surface area contributed by atoms with Crippen LogP contribution in [0.25, 0.3) is 16.6 Å². The number of methoxy groups -OCH3 is 2. The van der Waals surface area contributed by atoms with Gasteiger partial charge in [0.05, 0.1) is 20.1 Å². The average molecular weight is 402 g/mol. The van der Waals surface area contributed by atoms with Crippen LogP contribution in [-0.2, 0) is 0 Å². The van der Waals surface area contributed by atoms with Crippen LogP contribution in [-0.4, -0.2) is 30.1 Å². The summed E-state index contributed by atoms with van der Waals surface area (Å²) in [5.74, 6) is 0.662. The molecule has 6 nitrogen and oxygen atoms in total. The molecule has 0 spiro atoms. The minimum Gasteiger partial charge on any atom is -0.493 e. The van der Waals surface area contributed by atoms with Crippen LogP contribution in [0.2, 0.25) is 0 Å². The van der Waals surface area contributed by atoms with E-state index in [4.69, 9.17) is 9.47 Å². The number of nitro groups is 1. The standard InChI is InChI=1S/C24H22N2O4/c1-29-22-12-11-18(14-23(22)30-2)21(16-26(27)28)24-20(17-8-4-3-5-9-17)15-19-10-6-7-13-25(19)24/h3-15,21H,16H2,1-2H3/t21-/m1/s1. The molecule has 0 amide bonds. The maximum atomic E-state index is 11.7. The SMILES string of the molecule is COc1ccc([C@@H](C[N+](=O)[O-])c2c(-c3ccccc3)cc3ccccn23)cc1OC. The zero-order valence-corrected chi connectivity index (χ0v) is 16.8. The van der Waals surface area contributed by atoms with Gasteiger partial charge in [0, 0.05) is 27.9 Å². The lowest BCUT2D eigenvalue weighted by atomic mass is 9.90. The molecule has 0 saturated carbocycles. The first-order valence-electron chi connectivity index (χ1n) is 9.61. The Morgan fingerprint density at radius 2 is 1.67 bits per heavy atom. The maximum Gasteiger partial charge on any atom is 0.216 e. The van der Waals surface area contributed by atoms with Crippen LogP contribution < -0.4 is 9.47 Å². The quantitative estimate of drug-likeness (QED) is 0.321. The van der Waals surface area contributed by atoms with E-state index in [0.717, 1.165) is 27.9 Å². The minimum absolute atomic E-state index is 0.240. The second kappa shape index (κ2) is 8.29. The number of rotatable bonds is 7. The van der Waals surface area contributed by atoms with Crippen LogP contribution in [0.15, 0.2) is 79.0 Å². The Labute approximate surface area is 174 Å². The Morgan fingerprint density at radius 1 is 0.933 bits per heavy atom. The lowest BCUT2D eigenvalue weighted by Gasteiger charge is -2.18. The Morgan fingerprint density at radius 3 is 2.37 bits per heavy atom. The molecule has 0 aliphatic carbocycles. The Hall–Kier alpha value is -3.80. The Balaban J connectivity index is 1.97. The molecule has 30 heavy (non-hydrogen) atoms. The van der Waals surface area contributed by atoms with Crippen molar-refractivity contribution in [1.29, 1.82) is 0 Å². The van der Waals surface area contributed by atoms with E-state index in [1.54, 1.807) is 20.3 Å². The van der Waals surface area contributed by atoms with Gasteiger partial charge in [-0.3, -0.25) is 10.1 Å². The lowest BCUT2D eigenvalue weighted by Crippen LogP contribution is -2.16. The highest BCUT2D eigenvalue weighted by atomic mass is 16.6. The van der Waals surface area contributed by atoms with Crippen molar-refractivity contribution < 1.29 is 14.4 Å². The van der Waals surface area contributed by atoms with E-state index < -0.39 is 5.92 Å². The van der Waals surface area contributed by atoms with E-state index in [-0.39, 0.29) is 11.5 Å². The Kier molecular flexibility index (Phi) is 5.39. The second-order valence-corrected chi connectivity index (χ2v) is 6.99. The summed E-state index contributed by atoms with van der Waals surface area (Å²) in [6.07, 6.45) is 1.95. The van der Waals surface area contributed by atoms with Crippen molar-refractivity contribution in [3.05, 3.63) is 100 Å². The van der Waals surface area contributed by atoms with Gasteiger partial charge in [0.1, 0.15) is 0 Å². The van der Waals surface area contributed by atoms with Crippen molar-refractivity contribution in [2.75, 3.05) is 20.8 Å². The zero-order valence-electron chi connectivity index (χ0n) is 16.8. The van der Waals surface area contributed by atoms with E-state index in [9.17, 15) is 10.1 Å². The van der Waals surface area contributed by atoms with Gasteiger partial charge in [0.15, 0.2) is 11.5 Å². The number of benzene rings is 2. The molecular formula is C24H22N2O4. The summed E-state index contributed by atoms with van der Waals surface area (Å²) in [6.45, 7) is -0.240. The molecule has 0 aliphatic rings. The molecule has 0 radical (unpaired) electrons. The summed E-state index contributed by atoms with van der Waals surface area (Å²) >= 11 is 0. The number of ether oxygens (including phenoxy) is 2. The second-order valence-electron chi connectivity index (χ2n) is 6.99. The predicted molar refractivity (Wildman–Crippen MR) is 116 cm³/mol. The summed E-state index contributed by atoms with van der Waals surface area (Å²) in [4.78, 5) is 11.4. The molecule has 0 saturated heterocycles. The fraction of sp³-hybridized carbons (Fsp3) is 0.167. The first kappa shape index (κ1) is 19.5. The number of hydrogen-bond acceptors (Lipinski definition) is 4. The molecule has 1 atom stereocenters. The van der Waals surface area contributed by atoms with Crippen LogP contribution in [0.1, 0.15) is 17.2 Å². The number of pyridine rings is 1. The summed E-state index contributed by atoms with van der Waals surface area (Å²) in [6, 6.07) is 23.4. The fourth-order valence-corrected chi connectivity index (χ4v) is 3.92. The molecule has 4 rings (SSSR count). The van der Waals surface area contributed by atoms with Gasteiger partial charge >= 0.3 is 0 Å². The fourth-order valence-electron chi connectivity index (χ4n) is 3.92. The molecule has 0 aliphatic heterocycles. The van der Waals surface area contributed by atoms with Gasteiger partial charge in [0.2, 0.25) is 6.54 Å². The minimum atomic E-state index is -0.472. The first-order chi connectivity index (χ1) is 14.6. The zero-order chi connectivity index (χ0) is 21.1. The van der Waals surface area contributed by atoms with E-state index in [1.165, 1.54) is 0 Å². The Bertz CT molecular complexity index is 1180. The third-order valence-electron chi connectivity index (χ3n) is 5.28. The van der Waals surface area contributed by atoms with E-state index in [1.807, 2.05) is 71.3 Å². The van der Waals surface area contributed by atoms with Crippen molar-refractivity contribution in [2.45, 2.75) is 5.92 Å². The van der Waals surface area contributed by atoms with Gasteiger partial charge < -0.3 is 13.9 Å². The maximum absolute atomic E-state index is 11.7. The molecule has 0 unspecified atom stereocenters. The predicted octanol–water partition coefficient (Wildman–Crippen LogP) is 5.03. The van der Waals surface area contributed by atoms with E-state index in [2.05, 4.69) is 6.07 Å². The first-order valence-corrected chi connectivity index (χ1v) is 9.61. The lowest BCUT2D eigenvalue weighted by molar-refractivity contribution is -0.481. The number of fused-ring (bicyclic) bond motifs is 1. The third-order valence-corrected chi connectivity index (χ3v) is 5.28. The largest absolute Gasteiger partial charge is 0.493 e. The van der Waals surface area contributed by atoms with Crippen molar-refractivity contribution in [1.82, 2.24) is 4.40 Å². The monoisotopic (exact) mass is 402 g/mol. The summed E-state index contributed by atoms with van der Waals surface area (Å²) in [5.41, 5.74) is 4.65. The van der Waals surface area contributed by atoms with Crippen molar-refractivity contribution in [3.63, 3.8) is 0 Å². The van der Waals surface area contributed by atoms with E-state index >= 15 is 0 Å². The van der Waals surface area contributed by atoms with Crippen LogP contribution >= 0.6 is 0 Å². The number of nitrogens with zero attached hydrogens (tertiary/aromatic N) is 2. The highest BCUT2D eigenvalue weighted by Crippen LogP contribution is 2.39. The average Bonchev–Trinajstić information content (AvgIpc) is 3.17. The number of aromatic nitrogens is 1. The van der Waals surface area contributed by atoms with Crippen LogP contribution in [0.5, 0.6) is 11.5 Å². The highest BCUT2D eigenvalue weighted by Gasteiger charge is 2.28. The molecule has 152 valence electrons. The molecular weight excluding hydrogens is 380 g/mol. The third kappa shape index (κ3) is 3.59.